The minimum Gasteiger partial charge on any atom is -0.493 e. The van der Waals surface area contributed by atoms with Crippen LogP contribution in [0.15, 0.2) is 12.1 Å². The van der Waals surface area contributed by atoms with Crippen molar-refractivity contribution >= 4 is 5.97 Å². The van der Waals surface area contributed by atoms with E-state index >= 15 is 0 Å². The van der Waals surface area contributed by atoms with Crippen LogP contribution < -0.4 is 15.2 Å². The minimum absolute atomic E-state index is 0.233. The average molecular weight is 237 g/mol. The van der Waals surface area contributed by atoms with Crippen molar-refractivity contribution in [2.24, 2.45) is 5.73 Å². The standard InChI is InChI=1S/C12H15NO4/c1-15-9-4-3-7(12(14)16-2)10-8(13)5-6-17-11(9)10/h3-4,8H,5-6,13H2,1-2H3/t8-/m1/s1. The molecule has 2 N–H and O–H groups in total. The lowest BCUT2D eigenvalue weighted by Crippen LogP contribution is -2.24. The van der Waals surface area contributed by atoms with Gasteiger partial charge in [-0.15, -0.1) is 0 Å². The fraction of sp³-hybridized carbons (Fsp3) is 0.417. The first-order chi connectivity index (χ1) is 8.19. The summed E-state index contributed by atoms with van der Waals surface area (Å²) in [6.45, 7) is 0.523. The van der Waals surface area contributed by atoms with Gasteiger partial charge < -0.3 is 19.9 Å². The number of esters is 1. The van der Waals surface area contributed by atoms with E-state index in [1.165, 1.54) is 7.11 Å². The third kappa shape index (κ3) is 1.93. The van der Waals surface area contributed by atoms with E-state index in [-0.39, 0.29) is 6.04 Å². The van der Waals surface area contributed by atoms with Gasteiger partial charge in [0.05, 0.1) is 26.4 Å². The molecule has 0 saturated carbocycles. The fourth-order valence-electron chi connectivity index (χ4n) is 1.98. The molecule has 1 aromatic rings. The molecule has 0 amide bonds. The maximum absolute atomic E-state index is 11.7. The molecule has 5 heteroatoms. The van der Waals surface area contributed by atoms with Crippen LogP contribution in [0.1, 0.15) is 28.4 Å². The number of rotatable bonds is 2. The highest BCUT2D eigenvalue weighted by molar-refractivity contribution is 5.92. The molecule has 0 saturated heterocycles. The van der Waals surface area contributed by atoms with Gasteiger partial charge in [-0.2, -0.15) is 0 Å². The van der Waals surface area contributed by atoms with Gasteiger partial charge in [-0.25, -0.2) is 4.79 Å². The van der Waals surface area contributed by atoms with E-state index in [9.17, 15) is 4.79 Å². The molecule has 17 heavy (non-hydrogen) atoms. The molecule has 1 atom stereocenters. The number of carbonyl (C=O) groups excluding carboxylic acids is 1. The molecule has 0 radical (unpaired) electrons. The van der Waals surface area contributed by atoms with Crippen LogP contribution in [0, 0.1) is 0 Å². The van der Waals surface area contributed by atoms with Crippen molar-refractivity contribution in [2.45, 2.75) is 12.5 Å². The lowest BCUT2D eigenvalue weighted by Gasteiger charge is -2.26. The Morgan fingerprint density at radius 1 is 1.47 bits per heavy atom. The monoisotopic (exact) mass is 237 g/mol. The summed E-state index contributed by atoms with van der Waals surface area (Å²) in [5.41, 5.74) is 7.13. The number of nitrogens with two attached hydrogens (primary N) is 1. The first kappa shape index (κ1) is 11.7. The van der Waals surface area contributed by atoms with E-state index < -0.39 is 5.97 Å². The maximum atomic E-state index is 11.7. The third-order valence-electron chi connectivity index (χ3n) is 2.83. The minimum atomic E-state index is -0.412. The third-order valence-corrected chi connectivity index (χ3v) is 2.83. The van der Waals surface area contributed by atoms with Gasteiger partial charge in [0.1, 0.15) is 0 Å². The van der Waals surface area contributed by atoms with Crippen molar-refractivity contribution in [3.63, 3.8) is 0 Å². The molecule has 5 nitrogen and oxygen atoms in total. The molecule has 92 valence electrons. The van der Waals surface area contributed by atoms with E-state index in [4.69, 9.17) is 19.9 Å². The summed E-state index contributed by atoms with van der Waals surface area (Å²) >= 11 is 0. The predicted molar refractivity (Wildman–Crippen MR) is 61.4 cm³/mol. The number of benzene rings is 1. The Morgan fingerprint density at radius 3 is 2.88 bits per heavy atom. The average Bonchev–Trinajstić information content (AvgIpc) is 2.37. The zero-order valence-corrected chi connectivity index (χ0v) is 9.86. The van der Waals surface area contributed by atoms with E-state index in [1.807, 2.05) is 0 Å². The normalized spacial score (nSPS) is 17.9. The van der Waals surface area contributed by atoms with Crippen LogP contribution in [-0.2, 0) is 4.74 Å². The number of methoxy groups -OCH3 is 2. The smallest absolute Gasteiger partial charge is 0.338 e. The molecule has 1 heterocycles. The Bertz CT molecular complexity index is 444. The molecule has 0 bridgehead atoms. The van der Waals surface area contributed by atoms with Crippen LogP contribution in [-0.4, -0.2) is 26.8 Å². The van der Waals surface area contributed by atoms with Crippen molar-refractivity contribution in [1.82, 2.24) is 0 Å². The summed E-state index contributed by atoms with van der Waals surface area (Å²) in [6.07, 6.45) is 0.671. The summed E-state index contributed by atoms with van der Waals surface area (Å²) in [6, 6.07) is 3.10. The van der Waals surface area contributed by atoms with Gasteiger partial charge >= 0.3 is 5.97 Å². The molecule has 0 aromatic heterocycles. The van der Waals surface area contributed by atoms with Gasteiger partial charge in [0.2, 0.25) is 0 Å². The number of hydrogen-bond acceptors (Lipinski definition) is 5. The molecule has 1 aliphatic rings. The fourth-order valence-corrected chi connectivity index (χ4v) is 1.98. The van der Waals surface area contributed by atoms with Gasteiger partial charge in [0, 0.05) is 18.0 Å². The first-order valence-corrected chi connectivity index (χ1v) is 5.36. The van der Waals surface area contributed by atoms with Crippen LogP contribution >= 0.6 is 0 Å². The molecule has 2 rings (SSSR count). The molecule has 0 fully saturated rings. The summed E-state index contributed by atoms with van der Waals surface area (Å²) < 4.78 is 15.5. The number of carbonyl (C=O) groups is 1. The van der Waals surface area contributed by atoms with Crippen molar-refractivity contribution in [1.29, 1.82) is 0 Å². The van der Waals surface area contributed by atoms with Crippen molar-refractivity contribution in [2.75, 3.05) is 20.8 Å². The second-order valence-corrected chi connectivity index (χ2v) is 3.79. The van der Waals surface area contributed by atoms with E-state index in [1.54, 1.807) is 19.2 Å². The van der Waals surface area contributed by atoms with Gasteiger partial charge in [0.25, 0.3) is 0 Å². The number of ether oxygens (including phenoxy) is 3. The Hall–Kier alpha value is -1.75. The van der Waals surface area contributed by atoms with Crippen LogP contribution in [0.3, 0.4) is 0 Å². The Balaban J connectivity index is 2.59. The summed E-state index contributed by atoms with van der Waals surface area (Å²) in [5.74, 6) is 0.724. The Labute approximate surface area is 99.5 Å². The van der Waals surface area contributed by atoms with Gasteiger partial charge in [-0.05, 0) is 12.1 Å². The lowest BCUT2D eigenvalue weighted by atomic mass is 9.95. The van der Waals surface area contributed by atoms with Gasteiger partial charge in [-0.1, -0.05) is 0 Å². The first-order valence-electron chi connectivity index (χ1n) is 5.36. The topological polar surface area (TPSA) is 70.8 Å². The summed E-state index contributed by atoms with van der Waals surface area (Å²) in [4.78, 5) is 11.7. The molecule has 1 aliphatic heterocycles. The van der Waals surface area contributed by atoms with Gasteiger partial charge in [-0.3, -0.25) is 0 Å². The van der Waals surface area contributed by atoms with Crippen LogP contribution in [0.2, 0.25) is 0 Å². The van der Waals surface area contributed by atoms with E-state index in [2.05, 4.69) is 0 Å². The number of hydrogen-bond donors (Lipinski definition) is 1. The molecule has 0 spiro atoms. The predicted octanol–water partition coefficient (Wildman–Crippen LogP) is 1.26. The highest BCUT2D eigenvalue weighted by Gasteiger charge is 2.28. The molecule has 0 aliphatic carbocycles. The highest BCUT2D eigenvalue weighted by Crippen LogP contribution is 2.40. The molecule has 1 aromatic carbocycles. The van der Waals surface area contributed by atoms with Crippen LogP contribution in [0.25, 0.3) is 0 Å². The van der Waals surface area contributed by atoms with E-state index in [0.717, 1.165) is 0 Å². The molecular formula is C12H15NO4. The van der Waals surface area contributed by atoms with E-state index in [0.29, 0.717) is 35.7 Å². The lowest BCUT2D eigenvalue weighted by molar-refractivity contribution is 0.0597. The van der Waals surface area contributed by atoms with Crippen molar-refractivity contribution < 1.29 is 19.0 Å². The highest BCUT2D eigenvalue weighted by atomic mass is 16.5. The Kier molecular flexibility index (Phi) is 3.19. The van der Waals surface area contributed by atoms with Crippen LogP contribution in [0.4, 0.5) is 0 Å². The zero-order chi connectivity index (χ0) is 12.4. The van der Waals surface area contributed by atoms with Crippen molar-refractivity contribution in [3.8, 4) is 11.5 Å². The second kappa shape index (κ2) is 4.63. The quantitative estimate of drug-likeness (QED) is 0.784. The van der Waals surface area contributed by atoms with Crippen molar-refractivity contribution in [3.05, 3.63) is 23.3 Å². The van der Waals surface area contributed by atoms with Gasteiger partial charge in [0.15, 0.2) is 11.5 Å². The van der Waals surface area contributed by atoms with Crippen LogP contribution in [0.5, 0.6) is 11.5 Å². The SMILES string of the molecule is COC(=O)c1ccc(OC)c2c1[C@H](N)CCO2. The largest absolute Gasteiger partial charge is 0.493 e. The molecular weight excluding hydrogens is 222 g/mol. The zero-order valence-electron chi connectivity index (χ0n) is 9.86. The maximum Gasteiger partial charge on any atom is 0.338 e. The molecule has 0 unspecified atom stereocenters. The summed E-state index contributed by atoms with van der Waals surface area (Å²) in [5, 5.41) is 0. The Morgan fingerprint density at radius 2 is 2.24 bits per heavy atom. The number of fused-ring (bicyclic) bond motifs is 1. The second-order valence-electron chi connectivity index (χ2n) is 3.79. The summed E-state index contributed by atoms with van der Waals surface area (Å²) in [7, 11) is 2.89.